The largest absolute Gasteiger partial charge is 0.391 e. The molecule has 114 valence electrons. The van der Waals surface area contributed by atoms with Crippen LogP contribution in [-0.2, 0) is 8.85 Å². The van der Waals surface area contributed by atoms with Crippen molar-refractivity contribution in [2.75, 3.05) is 13.2 Å². The smallest absolute Gasteiger partial charge is 0.372 e. The molecule has 2 aromatic rings. The van der Waals surface area contributed by atoms with E-state index in [0.29, 0.717) is 0 Å². The van der Waals surface area contributed by atoms with Crippen molar-refractivity contribution in [3.63, 3.8) is 0 Å². The molecule has 2 rings (SSSR count). The Balaban J connectivity index is 2.50. The number of benzene rings is 2. The SMILES string of the molecule is CCCO[Si](CC)(OCCC)c1cccc2ccccc12. The first-order valence-electron chi connectivity index (χ1n) is 8.03. The summed E-state index contributed by atoms with van der Waals surface area (Å²) in [5.41, 5.74) is 0. The Morgan fingerprint density at radius 3 is 2.05 bits per heavy atom. The zero-order chi connectivity index (χ0) is 15.1. The maximum Gasteiger partial charge on any atom is 0.372 e. The molecule has 0 N–H and O–H groups in total. The van der Waals surface area contributed by atoms with Gasteiger partial charge in [-0.25, -0.2) is 0 Å². The van der Waals surface area contributed by atoms with E-state index in [0.717, 1.165) is 32.1 Å². The van der Waals surface area contributed by atoms with Crippen molar-refractivity contribution in [2.24, 2.45) is 0 Å². The van der Waals surface area contributed by atoms with E-state index in [1.807, 2.05) is 0 Å². The Labute approximate surface area is 129 Å². The molecule has 0 atom stereocenters. The first kappa shape index (κ1) is 16.2. The lowest BCUT2D eigenvalue weighted by molar-refractivity contribution is 0.181. The van der Waals surface area contributed by atoms with E-state index in [-0.39, 0.29) is 0 Å². The predicted molar refractivity (Wildman–Crippen MR) is 92.3 cm³/mol. The van der Waals surface area contributed by atoms with E-state index in [2.05, 4.69) is 63.2 Å². The molecular formula is C18H26O2Si. The summed E-state index contributed by atoms with van der Waals surface area (Å²) in [7, 11) is -2.35. The van der Waals surface area contributed by atoms with E-state index in [1.165, 1.54) is 16.0 Å². The van der Waals surface area contributed by atoms with Crippen LogP contribution >= 0.6 is 0 Å². The fourth-order valence-corrected chi connectivity index (χ4v) is 5.92. The van der Waals surface area contributed by atoms with Crippen LogP contribution in [0.15, 0.2) is 42.5 Å². The maximum absolute atomic E-state index is 6.34. The van der Waals surface area contributed by atoms with Crippen molar-refractivity contribution in [3.8, 4) is 0 Å². The molecule has 0 aliphatic heterocycles. The molecule has 0 amide bonds. The van der Waals surface area contributed by atoms with Gasteiger partial charge in [-0.2, -0.15) is 0 Å². The van der Waals surface area contributed by atoms with Gasteiger partial charge in [0.1, 0.15) is 0 Å². The first-order chi connectivity index (χ1) is 10.3. The summed E-state index contributed by atoms with van der Waals surface area (Å²) in [6.45, 7) is 8.04. The third-order valence-electron chi connectivity index (χ3n) is 3.74. The Hall–Kier alpha value is -1.16. The highest BCUT2D eigenvalue weighted by Gasteiger charge is 2.39. The fourth-order valence-electron chi connectivity index (χ4n) is 2.68. The van der Waals surface area contributed by atoms with E-state index in [4.69, 9.17) is 8.85 Å². The third-order valence-corrected chi connectivity index (χ3v) is 7.27. The molecule has 0 unspecified atom stereocenters. The van der Waals surface area contributed by atoms with Gasteiger partial charge in [-0.3, -0.25) is 0 Å². The van der Waals surface area contributed by atoms with Crippen LogP contribution in [0.2, 0.25) is 6.04 Å². The lowest BCUT2D eigenvalue weighted by atomic mass is 10.1. The molecule has 0 aliphatic carbocycles. The van der Waals surface area contributed by atoms with Crippen LogP contribution in [0.5, 0.6) is 0 Å². The number of rotatable bonds is 8. The highest BCUT2D eigenvalue weighted by molar-refractivity contribution is 6.83. The molecule has 2 aromatic carbocycles. The fraction of sp³-hybridized carbons (Fsp3) is 0.444. The van der Waals surface area contributed by atoms with E-state index >= 15 is 0 Å². The molecule has 0 radical (unpaired) electrons. The van der Waals surface area contributed by atoms with E-state index in [1.54, 1.807) is 0 Å². The summed E-state index contributed by atoms with van der Waals surface area (Å²) in [5, 5.41) is 3.83. The van der Waals surface area contributed by atoms with Gasteiger partial charge >= 0.3 is 8.56 Å². The highest BCUT2D eigenvalue weighted by Crippen LogP contribution is 2.21. The molecule has 0 saturated carbocycles. The molecular weight excluding hydrogens is 276 g/mol. The summed E-state index contributed by atoms with van der Waals surface area (Å²) in [4.78, 5) is 0. The average Bonchev–Trinajstić information content (AvgIpc) is 2.55. The van der Waals surface area contributed by atoms with Crippen LogP contribution in [0.3, 0.4) is 0 Å². The van der Waals surface area contributed by atoms with Crippen molar-refractivity contribution < 1.29 is 8.85 Å². The van der Waals surface area contributed by atoms with Gasteiger partial charge in [0.05, 0.1) is 0 Å². The molecule has 0 aromatic heterocycles. The second-order valence-corrected chi connectivity index (χ2v) is 8.66. The van der Waals surface area contributed by atoms with Gasteiger partial charge in [-0.05, 0) is 29.7 Å². The van der Waals surface area contributed by atoms with Crippen LogP contribution in [0.1, 0.15) is 33.6 Å². The van der Waals surface area contributed by atoms with Gasteiger partial charge in [0.2, 0.25) is 0 Å². The van der Waals surface area contributed by atoms with E-state index < -0.39 is 8.56 Å². The second-order valence-electron chi connectivity index (χ2n) is 5.33. The van der Waals surface area contributed by atoms with Gasteiger partial charge in [0, 0.05) is 18.4 Å². The standard InChI is InChI=1S/C18H26O2Si/c1-4-14-19-21(6-3,20-15-5-2)18-13-9-11-16-10-7-8-12-17(16)18/h7-13H,4-6,14-15H2,1-3H3. The Morgan fingerprint density at radius 1 is 0.810 bits per heavy atom. The van der Waals surface area contributed by atoms with Crippen LogP contribution in [0.4, 0.5) is 0 Å². The molecule has 0 aliphatic rings. The molecule has 0 spiro atoms. The number of fused-ring (bicyclic) bond motifs is 1. The topological polar surface area (TPSA) is 18.5 Å². The Bertz CT molecular complexity index is 555. The highest BCUT2D eigenvalue weighted by atomic mass is 28.4. The molecule has 0 bridgehead atoms. The van der Waals surface area contributed by atoms with Crippen LogP contribution < -0.4 is 5.19 Å². The van der Waals surface area contributed by atoms with Crippen molar-refractivity contribution in [1.29, 1.82) is 0 Å². The number of hydrogen-bond acceptors (Lipinski definition) is 2. The van der Waals surface area contributed by atoms with Gasteiger partial charge < -0.3 is 8.85 Å². The molecule has 0 saturated heterocycles. The van der Waals surface area contributed by atoms with Crippen LogP contribution in [-0.4, -0.2) is 21.8 Å². The van der Waals surface area contributed by atoms with E-state index in [9.17, 15) is 0 Å². The molecule has 3 heteroatoms. The van der Waals surface area contributed by atoms with Crippen LogP contribution in [0.25, 0.3) is 10.8 Å². The third kappa shape index (κ3) is 3.54. The minimum absolute atomic E-state index is 0.771. The Kier molecular flexibility index (Phi) is 5.97. The minimum atomic E-state index is -2.35. The predicted octanol–water partition coefficient (Wildman–Crippen LogP) is 4.36. The number of hydrogen-bond donors (Lipinski definition) is 0. The zero-order valence-corrected chi connectivity index (χ0v) is 14.4. The first-order valence-corrected chi connectivity index (χ1v) is 10.1. The quantitative estimate of drug-likeness (QED) is 0.674. The summed E-state index contributed by atoms with van der Waals surface area (Å²) >= 11 is 0. The van der Waals surface area contributed by atoms with Gasteiger partial charge in [-0.1, -0.05) is 63.2 Å². The summed E-state index contributed by atoms with van der Waals surface area (Å²) < 4.78 is 12.7. The van der Waals surface area contributed by atoms with Crippen molar-refractivity contribution in [2.45, 2.75) is 39.7 Å². The Morgan fingerprint density at radius 2 is 1.43 bits per heavy atom. The molecule has 0 heterocycles. The maximum atomic E-state index is 6.34. The normalized spacial score (nSPS) is 12.0. The lowest BCUT2D eigenvalue weighted by Gasteiger charge is -2.31. The molecule has 2 nitrogen and oxygen atoms in total. The van der Waals surface area contributed by atoms with Crippen LogP contribution in [0, 0.1) is 0 Å². The van der Waals surface area contributed by atoms with Crippen molar-refractivity contribution in [3.05, 3.63) is 42.5 Å². The van der Waals surface area contributed by atoms with Crippen molar-refractivity contribution >= 4 is 24.5 Å². The second kappa shape index (κ2) is 7.73. The van der Waals surface area contributed by atoms with Gasteiger partial charge in [-0.15, -0.1) is 0 Å². The monoisotopic (exact) mass is 302 g/mol. The molecule has 0 fully saturated rings. The van der Waals surface area contributed by atoms with Gasteiger partial charge in [0.25, 0.3) is 0 Å². The summed E-state index contributed by atoms with van der Waals surface area (Å²) in [5.74, 6) is 0. The lowest BCUT2D eigenvalue weighted by Crippen LogP contribution is -2.54. The average molecular weight is 302 g/mol. The zero-order valence-electron chi connectivity index (χ0n) is 13.4. The minimum Gasteiger partial charge on any atom is -0.391 e. The van der Waals surface area contributed by atoms with Gasteiger partial charge in [0.15, 0.2) is 0 Å². The summed E-state index contributed by atoms with van der Waals surface area (Å²) in [6.07, 6.45) is 2.05. The van der Waals surface area contributed by atoms with Crippen molar-refractivity contribution in [1.82, 2.24) is 0 Å². The summed E-state index contributed by atoms with van der Waals surface area (Å²) in [6, 6.07) is 16.0. The molecule has 21 heavy (non-hydrogen) atoms.